The first kappa shape index (κ1) is 20.2. The Morgan fingerprint density at radius 2 is 2.03 bits per heavy atom. The zero-order valence-corrected chi connectivity index (χ0v) is 17.6. The van der Waals surface area contributed by atoms with Crippen molar-refractivity contribution in [2.75, 3.05) is 25.5 Å². The van der Waals surface area contributed by atoms with Gasteiger partial charge in [-0.05, 0) is 55.5 Å². The molecular formula is C23H27F2N5O. The van der Waals surface area contributed by atoms with Gasteiger partial charge < -0.3 is 15.4 Å². The third-order valence-corrected chi connectivity index (χ3v) is 6.45. The first-order valence-corrected chi connectivity index (χ1v) is 10.9. The predicted octanol–water partition coefficient (Wildman–Crippen LogP) is 4.50. The third kappa shape index (κ3) is 4.08. The van der Waals surface area contributed by atoms with E-state index in [4.69, 9.17) is 9.72 Å². The Labute approximate surface area is 180 Å². The van der Waals surface area contributed by atoms with Crippen LogP contribution in [0.2, 0.25) is 0 Å². The predicted molar refractivity (Wildman–Crippen MR) is 116 cm³/mol. The van der Waals surface area contributed by atoms with Crippen molar-refractivity contribution in [2.45, 2.75) is 50.0 Å². The lowest BCUT2D eigenvalue weighted by atomic mass is 9.82. The van der Waals surface area contributed by atoms with Gasteiger partial charge in [0, 0.05) is 31.5 Å². The summed E-state index contributed by atoms with van der Waals surface area (Å²) in [6.07, 6.45) is 3.58. The Balaban J connectivity index is 1.49. The van der Waals surface area contributed by atoms with Gasteiger partial charge in [0.15, 0.2) is 0 Å². The van der Waals surface area contributed by atoms with Crippen molar-refractivity contribution < 1.29 is 13.5 Å². The first-order chi connectivity index (χ1) is 15.0. The van der Waals surface area contributed by atoms with Gasteiger partial charge in [-0.2, -0.15) is 0 Å². The number of imidazole rings is 1. The summed E-state index contributed by atoms with van der Waals surface area (Å²) < 4.78 is 34.9. The Kier molecular flexibility index (Phi) is 5.25. The molecule has 6 nitrogen and oxygen atoms in total. The molecule has 1 aromatic carbocycles. The second kappa shape index (κ2) is 8.07. The quantitative estimate of drug-likeness (QED) is 0.628. The summed E-state index contributed by atoms with van der Waals surface area (Å²) in [5, 5.41) is 6.83. The Hall–Kier alpha value is -2.74. The van der Waals surface area contributed by atoms with Crippen LogP contribution in [0.25, 0.3) is 16.9 Å². The smallest absolute Gasteiger partial charge is 0.248 e. The summed E-state index contributed by atoms with van der Waals surface area (Å²) in [4.78, 5) is 9.32. The summed E-state index contributed by atoms with van der Waals surface area (Å²) in [7, 11) is 1.62. The van der Waals surface area contributed by atoms with Crippen molar-refractivity contribution in [1.82, 2.24) is 19.9 Å². The standard InChI is InChI=1S/C23H27F2N5O/c1-31-20-12-18-19(11-17(20)15-5-8-23(24,25)9-6-15)30(14-27-18)22-4-2-3-21(29-22)28-16-7-10-26-13-16/h2-4,11-12,14-16,26H,5-10,13H2,1H3,(H,28,29). The Morgan fingerprint density at radius 1 is 1.19 bits per heavy atom. The molecule has 2 fully saturated rings. The number of alkyl halides is 2. The van der Waals surface area contributed by atoms with Crippen molar-refractivity contribution in [3.05, 3.63) is 42.2 Å². The maximum atomic E-state index is 13.7. The highest BCUT2D eigenvalue weighted by molar-refractivity contribution is 5.80. The van der Waals surface area contributed by atoms with Crippen LogP contribution in [-0.4, -0.2) is 46.7 Å². The summed E-state index contributed by atoms with van der Waals surface area (Å²) in [5.74, 6) is -0.189. The number of ether oxygens (including phenoxy) is 1. The van der Waals surface area contributed by atoms with E-state index >= 15 is 0 Å². The fraction of sp³-hybridized carbons (Fsp3) is 0.478. The van der Waals surface area contributed by atoms with E-state index in [1.807, 2.05) is 34.9 Å². The molecule has 0 bridgehead atoms. The molecular weight excluding hydrogens is 400 g/mol. The molecule has 2 aromatic heterocycles. The van der Waals surface area contributed by atoms with E-state index in [0.717, 1.165) is 47.7 Å². The zero-order valence-electron chi connectivity index (χ0n) is 17.6. The molecule has 31 heavy (non-hydrogen) atoms. The van der Waals surface area contributed by atoms with E-state index in [-0.39, 0.29) is 18.8 Å². The molecule has 1 aliphatic carbocycles. The normalized spacial score (nSPS) is 21.5. The number of anilines is 1. The highest BCUT2D eigenvalue weighted by Gasteiger charge is 2.36. The Bertz CT molecular complexity index is 1070. The minimum Gasteiger partial charge on any atom is -0.496 e. The molecule has 2 aliphatic rings. The highest BCUT2D eigenvalue weighted by atomic mass is 19.3. The van der Waals surface area contributed by atoms with Crippen LogP contribution in [0.5, 0.6) is 5.75 Å². The van der Waals surface area contributed by atoms with Gasteiger partial charge in [0.2, 0.25) is 5.92 Å². The highest BCUT2D eigenvalue weighted by Crippen LogP contribution is 2.44. The van der Waals surface area contributed by atoms with Crippen LogP contribution in [-0.2, 0) is 0 Å². The number of hydrogen-bond donors (Lipinski definition) is 2. The molecule has 3 heterocycles. The minimum absolute atomic E-state index is 0.0538. The fourth-order valence-corrected chi connectivity index (χ4v) is 4.71. The summed E-state index contributed by atoms with van der Waals surface area (Å²) in [6.45, 7) is 1.95. The first-order valence-electron chi connectivity index (χ1n) is 10.9. The largest absolute Gasteiger partial charge is 0.496 e. The maximum absolute atomic E-state index is 13.7. The van der Waals surface area contributed by atoms with Crippen LogP contribution in [0.4, 0.5) is 14.6 Å². The maximum Gasteiger partial charge on any atom is 0.248 e. The van der Waals surface area contributed by atoms with E-state index < -0.39 is 5.92 Å². The molecule has 2 N–H and O–H groups in total. The van der Waals surface area contributed by atoms with Crippen LogP contribution in [0, 0.1) is 0 Å². The lowest BCUT2D eigenvalue weighted by molar-refractivity contribution is -0.0383. The van der Waals surface area contributed by atoms with E-state index in [0.29, 0.717) is 24.6 Å². The number of aromatic nitrogens is 3. The molecule has 5 rings (SSSR count). The fourth-order valence-electron chi connectivity index (χ4n) is 4.71. The SMILES string of the molecule is COc1cc2ncn(-c3cccc(NC4CCNC4)n3)c2cc1C1CCC(F)(F)CC1. The molecule has 0 spiro atoms. The second-order valence-corrected chi connectivity index (χ2v) is 8.54. The molecule has 0 radical (unpaired) electrons. The van der Waals surface area contributed by atoms with E-state index in [9.17, 15) is 8.78 Å². The molecule has 1 saturated heterocycles. The molecule has 0 amide bonds. The number of fused-ring (bicyclic) bond motifs is 1. The molecule has 164 valence electrons. The number of rotatable bonds is 5. The molecule has 1 unspecified atom stereocenters. The Morgan fingerprint density at radius 3 is 2.77 bits per heavy atom. The minimum atomic E-state index is -2.55. The number of nitrogens with zero attached hydrogens (tertiary/aromatic N) is 3. The van der Waals surface area contributed by atoms with Crippen molar-refractivity contribution in [3.8, 4) is 11.6 Å². The monoisotopic (exact) mass is 427 g/mol. The van der Waals surface area contributed by atoms with E-state index in [1.165, 1.54) is 0 Å². The van der Waals surface area contributed by atoms with E-state index in [1.54, 1.807) is 13.4 Å². The number of halogens is 2. The van der Waals surface area contributed by atoms with Gasteiger partial charge in [-0.25, -0.2) is 18.7 Å². The van der Waals surface area contributed by atoms with Crippen molar-refractivity contribution in [3.63, 3.8) is 0 Å². The van der Waals surface area contributed by atoms with Crippen LogP contribution in [0.1, 0.15) is 43.6 Å². The lowest BCUT2D eigenvalue weighted by Crippen LogP contribution is -2.23. The van der Waals surface area contributed by atoms with Crippen molar-refractivity contribution >= 4 is 16.9 Å². The molecule has 8 heteroatoms. The van der Waals surface area contributed by atoms with Crippen LogP contribution < -0.4 is 15.4 Å². The van der Waals surface area contributed by atoms with Gasteiger partial charge in [-0.3, -0.25) is 4.57 Å². The third-order valence-electron chi connectivity index (χ3n) is 6.45. The molecule has 1 aliphatic heterocycles. The second-order valence-electron chi connectivity index (χ2n) is 8.54. The van der Waals surface area contributed by atoms with Crippen LogP contribution in [0.15, 0.2) is 36.7 Å². The number of benzene rings is 1. The van der Waals surface area contributed by atoms with Crippen molar-refractivity contribution in [2.24, 2.45) is 0 Å². The number of hydrogen-bond acceptors (Lipinski definition) is 5. The molecule has 1 saturated carbocycles. The average Bonchev–Trinajstić information content (AvgIpc) is 3.42. The average molecular weight is 427 g/mol. The van der Waals surface area contributed by atoms with Gasteiger partial charge >= 0.3 is 0 Å². The van der Waals surface area contributed by atoms with Gasteiger partial charge in [-0.1, -0.05) is 6.07 Å². The summed E-state index contributed by atoms with van der Waals surface area (Å²) >= 11 is 0. The number of nitrogens with one attached hydrogen (secondary N) is 2. The van der Waals surface area contributed by atoms with E-state index in [2.05, 4.69) is 15.6 Å². The topological polar surface area (TPSA) is 64.0 Å². The number of pyridine rings is 1. The van der Waals surface area contributed by atoms with Gasteiger partial charge in [-0.15, -0.1) is 0 Å². The number of methoxy groups -OCH3 is 1. The molecule has 3 aromatic rings. The van der Waals surface area contributed by atoms with Crippen molar-refractivity contribution in [1.29, 1.82) is 0 Å². The van der Waals surface area contributed by atoms with Crippen LogP contribution >= 0.6 is 0 Å². The van der Waals surface area contributed by atoms with Gasteiger partial charge in [0.05, 0.1) is 18.1 Å². The van der Waals surface area contributed by atoms with Gasteiger partial charge in [0.25, 0.3) is 0 Å². The van der Waals surface area contributed by atoms with Crippen LogP contribution in [0.3, 0.4) is 0 Å². The summed E-state index contributed by atoms with van der Waals surface area (Å²) in [6, 6.07) is 10.2. The lowest BCUT2D eigenvalue weighted by Gasteiger charge is -2.29. The summed E-state index contributed by atoms with van der Waals surface area (Å²) in [5.41, 5.74) is 2.67. The zero-order chi connectivity index (χ0) is 21.4. The molecule has 1 atom stereocenters. The van der Waals surface area contributed by atoms with Gasteiger partial charge in [0.1, 0.15) is 23.7 Å².